The molecule has 1 aromatic rings. The van der Waals surface area contributed by atoms with Gasteiger partial charge in [-0.05, 0) is 24.5 Å². The molecule has 0 bridgehead atoms. The van der Waals surface area contributed by atoms with Crippen LogP contribution in [-0.2, 0) is 6.42 Å². The van der Waals surface area contributed by atoms with Gasteiger partial charge in [-0.1, -0.05) is 38.2 Å². The van der Waals surface area contributed by atoms with Crippen LogP contribution in [0.25, 0.3) is 0 Å². The van der Waals surface area contributed by atoms with E-state index in [0.717, 1.165) is 24.8 Å². The van der Waals surface area contributed by atoms with Gasteiger partial charge in [0.25, 0.3) is 0 Å². The molecule has 2 aliphatic rings. The van der Waals surface area contributed by atoms with E-state index in [1.165, 1.54) is 25.3 Å². The van der Waals surface area contributed by atoms with Crippen molar-refractivity contribution in [3.8, 4) is 11.5 Å². The second-order valence-corrected chi connectivity index (χ2v) is 5.03. The van der Waals surface area contributed by atoms with Gasteiger partial charge in [-0.3, -0.25) is 0 Å². The Bertz CT molecular complexity index is 439. The van der Waals surface area contributed by atoms with Gasteiger partial charge in [0.05, 0.1) is 0 Å². The molecule has 4 heteroatoms. The predicted molar refractivity (Wildman–Crippen MR) is 61.8 cm³/mol. The molecule has 0 spiro atoms. The molecule has 0 amide bonds. The third-order valence-electron chi connectivity index (χ3n) is 3.66. The predicted octanol–water partition coefficient (Wildman–Crippen LogP) is 3.93. The lowest BCUT2D eigenvalue weighted by atomic mass is 9.84. The molecule has 3 rings (SSSR count). The zero-order valence-corrected chi connectivity index (χ0v) is 10.0. The van der Waals surface area contributed by atoms with Crippen LogP contribution in [-0.4, -0.2) is 6.29 Å². The van der Waals surface area contributed by atoms with Crippen molar-refractivity contribution in [1.29, 1.82) is 0 Å². The number of hydrogen-bond donors (Lipinski definition) is 0. The van der Waals surface area contributed by atoms with Gasteiger partial charge >= 0.3 is 6.29 Å². The summed E-state index contributed by atoms with van der Waals surface area (Å²) >= 11 is 0. The fourth-order valence-electron chi connectivity index (χ4n) is 2.80. The number of hydrogen-bond acceptors (Lipinski definition) is 2. The van der Waals surface area contributed by atoms with Crippen LogP contribution in [0.3, 0.4) is 0 Å². The van der Waals surface area contributed by atoms with E-state index in [0.29, 0.717) is 5.92 Å². The van der Waals surface area contributed by atoms with Gasteiger partial charge in [-0.15, -0.1) is 8.78 Å². The van der Waals surface area contributed by atoms with Crippen molar-refractivity contribution in [2.24, 2.45) is 5.92 Å². The molecular formula is C14H15F2O2. The monoisotopic (exact) mass is 253 g/mol. The highest BCUT2D eigenvalue weighted by Crippen LogP contribution is 2.44. The molecule has 1 aliphatic heterocycles. The fraction of sp³-hybridized carbons (Fsp3) is 0.571. The summed E-state index contributed by atoms with van der Waals surface area (Å²) in [5.41, 5.74) is 0.719. The Balaban J connectivity index is 1.79. The first-order valence-electron chi connectivity index (χ1n) is 6.43. The third kappa shape index (κ3) is 2.28. The van der Waals surface area contributed by atoms with Gasteiger partial charge in [-0.25, -0.2) is 0 Å². The van der Waals surface area contributed by atoms with Crippen LogP contribution < -0.4 is 9.47 Å². The van der Waals surface area contributed by atoms with Crippen molar-refractivity contribution >= 4 is 0 Å². The van der Waals surface area contributed by atoms with E-state index in [4.69, 9.17) is 0 Å². The van der Waals surface area contributed by atoms with Crippen LogP contribution in [0.4, 0.5) is 8.78 Å². The molecule has 1 aromatic carbocycles. The van der Waals surface area contributed by atoms with E-state index in [-0.39, 0.29) is 11.5 Å². The number of rotatable bonds is 2. The highest BCUT2D eigenvalue weighted by molar-refractivity contribution is 5.48. The Morgan fingerprint density at radius 1 is 1.22 bits per heavy atom. The van der Waals surface area contributed by atoms with Crippen LogP contribution in [0.1, 0.15) is 37.7 Å². The number of fused-ring (bicyclic) bond motifs is 1. The van der Waals surface area contributed by atoms with Crippen molar-refractivity contribution in [2.45, 2.75) is 44.8 Å². The van der Waals surface area contributed by atoms with E-state index >= 15 is 0 Å². The van der Waals surface area contributed by atoms with Crippen LogP contribution in [0.15, 0.2) is 12.1 Å². The highest BCUT2D eigenvalue weighted by Gasteiger charge is 2.44. The number of halogens is 2. The van der Waals surface area contributed by atoms with Crippen LogP contribution >= 0.6 is 0 Å². The average Bonchev–Trinajstić information content (AvgIpc) is 2.66. The van der Waals surface area contributed by atoms with E-state index in [1.807, 2.05) is 0 Å². The molecule has 1 heterocycles. The van der Waals surface area contributed by atoms with Crippen molar-refractivity contribution in [3.63, 3.8) is 0 Å². The molecule has 2 nitrogen and oxygen atoms in total. The third-order valence-corrected chi connectivity index (χ3v) is 3.66. The average molecular weight is 253 g/mol. The quantitative estimate of drug-likeness (QED) is 0.795. The zero-order chi connectivity index (χ0) is 12.6. The summed E-state index contributed by atoms with van der Waals surface area (Å²) in [5, 5.41) is 0. The van der Waals surface area contributed by atoms with Crippen molar-refractivity contribution < 1.29 is 18.3 Å². The normalized spacial score (nSPS) is 22.1. The minimum Gasteiger partial charge on any atom is -0.395 e. The molecule has 18 heavy (non-hydrogen) atoms. The van der Waals surface area contributed by atoms with Gasteiger partial charge in [0.15, 0.2) is 11.5 Å². The van der Waals surface area contributed by atoms with E-state index < -0.39 is 6.29 Å². The SMILES string of the molecule is FC1(F)Oc2cc[c]c(CC3CCCCC3)c2O1. The molecule has 0 N–H and O–H groups in total. The summed E-state index contributed by atoms with van der Waals surface area (Å²) in [6.07, 6.45) is 3.29. The molecular weight excluding hydrogens is 238 g/mol. The summed E-state index contributed by atoms with van der Waals surface area (Å²) in [6.45, 7) is 0. The summed E-state index contributed by atoms with van der Waals surface area (Å²) in [5.74, 6) is 0.858. The van der Waals surface area contributed by atoms with Gasteiger partial charge in [0.1, 0.15) is 0 Å². The Kier molecular flexibility index (Phi) is 2.88. The molecule has 0 saturated heterocycles. The van der Waals surface area contributed by atoms with Crippen molar-refractivity contribution in [1.82, 2.24) is 0 Å². The molecule has 0 aromatic heterocycles. The second-order valence-electron chi connectivity index (χ2n) is 5.03. The van der Waals surface area contributed by atoms with Gasteiger partial charge in [-0.2, -0.15) is 0 Å². The molecule has 0 atom stereocenters. The van der Waals surface area contributed by atoms with Gasteiger partial charge in [0, 0.05) is 5.56 Å². The van der Waals surface area contributed by atoms with Crippen LogP contribution in [0.5, 0.6) is 11.5 Å². The van der Waals surface area contributed by atoms with Crippen molar-refractivity contribution in [3.05, 3.63) is 23.8 Å². The summed E-state index contributed by atoms with van der Waals surface area (Å²) in [6, 6.07) is 6.12. The molecule has 1 fully saturated rings. The van der Waals surface area contributed by atoms with Gasteiger partial charge in [0.2, 0.25) is 0 Å². The Hall–Kier alpha value is -1.32. The molecule has 97 valence electrons. The lowest BCUT2D eigenvalue weighted by Gasteiger charge is -2.21. The first kappa shape index (κ1) is 11.8. The highest BCUT2D eigenvalue weighted by atomic mass is 19.3. The van der Waals surface area contributed by atoms with E-state index in [2.05, 4.69) is 15.5 Å². The van der Waals surface area contributed by atoms with Gasteiger partial charge < -0.3 is 9.47 Å². The topological polar surface area (TPSA) is 18.5 Å². The Morgan fingerprint density at radius 3 is 2.78 bits per heavy atom. The maximum absolute atomic E-state index is 13.0. The smallest absolute Gasteiger partial charge is 0.395 e. The molecule has 1 saturated carbocycles. The molecule has 1 aliphatic carbocycles. The Morgan fingerprint density at radius 2 is 2.00 bits per heavy atom. The number of ether oxygens (including phenoxy) is 2. The van der Waals surface area contributed by atoms with E-state index in [9.17, 15) is 8.78 Å². The van der Waals surface area contributed by atoms with Crippen molar-refractivity contribution in [2.75, 3.05) is 0 Å². The Labute approximate surface area is 105 Å². The fourth-order valence-corrected chi connectivity index (χ4v) is 2.80. The number of benzene rings is 1. The largest absolute Gasteiger partial charge is 0.586 e. The first-order valence-corrected chi connectivity index (χ1v) is 6.43. The minimum absolute atomic E-state index is 0.129. The maximum atomic E-state index is 13.0. The summed E-state index contributed by atoms with van der Waals surface area (Å²) in [7, 11) is 0. The molecule has 0 unspecified atom stereocenters. The second kappa shape index (κ2) is 4.41. The lowest BCUT2D eigenvalue weighted by Crippen LogP contribution is -2.26. The molecule has 1 radical (unpaired) electrons. The summed E-state index contributed by atoms with van der Waals surface area (Å²) in [4.78, 5) is 0. The number of alkyl halides is 2. The van der Waals surface area contributed by atoms with E-state index in [1.54, 1.807) is 6.07 Å². The van der Waals surface area contributed by atoms with Crippen LogP contribution in [0, 0.1) is 12.0 Å². The minimum atomic E-state index is -3.53. The van der Waals surface area contributed by atoms with Crippen LogP contribution in [0.2, 0.25) is 0 Å². The first-order chi connectivity index (χ1) is 8.64. The zero-order valence-electron chi connectivity index (χ0n) is 10.0. The summed E-state index contributed by atoms with van der Waals surface area (Å²) < 4.78 is 35.1. The maximum Gasteiger partial charge on any atom is 0.586 e. The standard InChI is InChI=1S/C14H15F2O2/c15-14(16)17-12-8-4-7-11(13(12)18-14)9-10-5-2-1-3-6-10/h4,8,10H,1-3,5-6,9H2. The lowest BCUT2D eigenvalue weighted by molar-refractivity contribution is -0.287.